The zero-order chi connectivity index (χ0) is 26.8. The summed E-state index contributed by atoms with van der Waals surface area (Å²) in [5.41, 5.74) is 2.43. The van der Waals surface area contributed by atoms with E-state index >= 15 is 0 Å². The van der Waals surface area contributed by atoms with Gasteiger partial charge in [0.1, 0.15) is 17.6 Å². The summed E-state index contributed by atoms with van der Waals surface area (Å²) in [5.74, 6) is -1.31. The number of hydrogen-bond donors (Lipinski definition) is 1. The molecule has 3 aliphatic heterocycles. The molecule has 5 rings (SSSR count). The third-order valence-corrected chi connectivity index (χ3v) is 7.33. The number of Topliss-reactive ketones (excluding diaryl/α,β-unsaturated/α-hetero) is 1. The SMILES string of the molecule is COC(=O)c1ccc([C@@H]2C(=C(O)c3ccc4c(c3)C[C@H](C)O4)C(=O)C(=O)N2CCCN2CCOCC2)cc1. The molecule has 2 aromatic carbocycles. The molecule has 0 spiro atoms. The molecular weight excluding hydrogens is 488 g/mol. The van der Waals surface area contributed by atoms with Gasteiger partial charge in [-0.1, -0.05) is 12.1 Å². The molecular formula is C29H32N2O7. The molecule has 1 amide bonds. The van der Waals surface area contributed by atoms with Crippen LogP contribution in [0.3, 0.4) is 0 Å². The first-order valence-corrected chi connectivity index (χ1v) is 12.9. The van der Waals surface area contributed by atoms with Crippen molar-refractivity contribution >= 4 is 23.4 Å². The Hall–Kier alpha value is -3.69. The van der Waals surface area contributed by atoms with E-state index in [4.69, 9.17) is 14.2 Å². The molecule has 3 heterocycles. The fourth-order valence-electron chi connectivity index (χ4n) is 5.39. The van der Waals surface area contributed by atoms with Crippen molar-refractivity contribution in [1.29, 1.82) is 0 Å². The van der Waals surface area contributed by atoms with Crippen molar-refractivity contribution in [3.05, 3.63) is 70.3 Å². The number of carbonyl (C=O) groups is 3. The van der Waals surface area contributed by atoms with Crippen LogP contribution in [-0.2, 0) is 25.5 Å². The summed E-state index contributed by atoms with van der Waals surface area (Å²) in [4.78, 5) is 42.4. The fourth-order valence-corrected chi connectivity index (χ4v) is 5.39. The average molecular weight is 521 g/mol. The molecule has 3 aliphatic rings. The lowest BCUT2D eigenvalue weighted by Crippen LogP contribution is -2.39. The third kappa shape index (κ3) is 5.04. The van der Waals surface area contributed by atoms with Crippen LogP contribution in [0.4, 0.5) is 0 Å². The number of fused-ring (bicyclic) bond motifs is 1. The normalized spacial score (nSPS) is 22.8. The van der Waals surface area contributed by atoms with E-state index in [9.17, 15) is 19.5 Å². The number of benzene rings is 2. The number of esters is 1. The monoisotopic (exact) mass is 520 g/mol. The van der Waals surface area contributed by atoms with Crippen molar-refractivity contribution in [1.82, 2.24) is 9.80 Å². The van der Waals surface area contributed by atoms with E-state index in [2.05, 4.69) is 4.90 Å². The predicted octanol–water partition coefficient (Wildman–Crippen LogP) is 2.94. The van der Waals surface area contributed by atoms with Crippen molar-refractivity contribution < 1.29 is 33.7 Å². The fraction of sp³-hybridized carbons (Fsp3) is 0.414. The van der Waals surface area contributed by atoms with Gasteiger partial charge in [-0.2, -0.15) is 0 Å². The van der Waals surface area contributed by atoms with Crippen molar-refractivity contribution in [2.75, 3.05) is 46.5 Å². The van der Waals surface area contributed by atoms with E-state index in [1.807, 2.05) is 13.0 Å². The molecule has 0 radical (unpaired) electrons. The number of ketones is 1. The molecule has 2 aromatic rings. The zero-order valence-corrected chi connectivity index (χ0v) is 21.6. The van der Waals surface area contributed by atoms with Crippen LogP contribution >= 0.6 is 0 Å². The second-order valence-electron chi connectivity index (χ2n) is 9.87. The Morgan fingerprint density at radius 3 is 2.47 bits per heavy atom. The Morgan fingerprint density at radius 2 is 1.76 bits per heavy atom. The highest BCUT2D eigenvalue weighted by Crippen LogP contribution is 2.40. The molecule has 200 valence electrons. The first-order chi connectivity index (χ1) is 18.4. The standard InChI is InChI=1S/C29H32N2O7/c1-18-16-22-17-21(8-9-23(22)38-18)26(32)24-25(19-4-6-20(7-5-19)29(35)36-2)31(28(34)27(24)33)11-3-10-30-12-14-37-15-13-30/h4-9,17-18,25,32H,3,10-16H2,1-2H3/t18-,25+/m0/s1. The molecule has 0 saturated carbocycles. The molecule has 2 atom stereocenters. The van der Waals surface area contributed by atoms with Gasteiger partial charge in [-0.25, -0.2) is 4.79 Å². The zero-order valence-electron chi connectivity index (χ0n) is 21.6. The van der Waals surface area contributed by atoms with Crippen LogP contribution in [0.2, 0.25) is 0 Å². The van der Waals surface area contributed by atoms with Gasteiger partial charge in [0.05, 0.1) is 37.5 Å². The number of likely N-dealkylation sites (tertiary alicyclic amines) is 1. The molecule has 38 heavy (non-hydrogen) atoms. The van der Waals surface area contributed by atoms with Crippen LogP contribution in [0.1, 0.15) is 46.4 Å². The molecule has 0 aromatic heterocycles. The Morgan fingerprint density at radius 1 is 1.05 bits per heavy atom. The first kappa shape index (κ1) is 25.9. The molecule has 0 unspecified atom stereocenters. The Labute approximate surface area is 221 Å². The highest BCUT2D eigenvalue weighted by atomic mass is 16.5. The summed E-state index contributed by atoms with van der Waals surface area (Å²) in [6.07, 6.45) is 1.40. The van der Waals surface area contributed by atoms with E-state index in [1.165, 1.54) is 12.0 Å². The minimum atomic E-state index is -0.783. The summed E-state index contributed by atoms with van der Waals surface area (Å²) >= 11 is 0. The van der Waals surface area contributed by atoms with Gasteiger partial charge >= 0.3 is 5.97 Å². The van der Waals surface area contributed by atoms with Gasteiger partial charge in [0.2, 0.25) is 0 Å². The van der Waals surface area contributed by atoms with E-state index < -0.39 is 23.7 Å². The summed E-state index contributed by atoms with van der Waals surface area (Å²) in [6.45, 7) is 6.11. The number of nitrogens with zero attached hydrogens (tertiary/aromatic N) is 2. The molecule has 2 fully saturated rings. The second kappa shape index (κ2) is 11.0. The molecule has 1 N–H and O–H groups in total. The van der Waals surface area contributed by atoms with E-state index in [0.717, 1.165) is 30.9 Å². The van der Waals surface area contributed by atoms with Crippen LogP contribution in [0, 0.1) is 0 Å². The van der Waals surface area contributed by atoms with Crippen LogP contribution in [0.25, 0.3) is 5.76 Å². The van der Waals surface area contributed by atoms with Crippen molar-refractivity contribution in [2.24, 2.45) is 0 Å². The Balaban J connectivity index is 1.49. The van der Waals surface area contributed by atoms with E-state index in [-0.39, 0.29) is 17.4 Å². The Bertz CT molecular complexity index is 1260. The molecule has 9 heteroatoms. The van der Waals surface area contributed by atoms with Crippen molar-refractivity contribution in [3.8, 4) is 5.75 Å². The van der Waals surface area contributed by atoms with Crippen LogP contribution in [0.15, 0.2) is 48.0 Å². The number of ether oxygens (including phenoxy) is 3. The van der Waals surface area contributed by atoms with E-state index in [0.29, 0.717) is 49.3 Å². The average Bonchev–Trinajstić information content (AvgIpc) is 3.44. The highest BCUT2D eigenvalue weighted by Gasteiger charge is 2.46. The molecule has 0 bridgehead atoms. The third-order valence-electron chi connectivity index (χ3n) is 7.33. The summed E-state index contributed by atoms with van der Waals surface area (Å²) < 4.78 is 16.0. The number of rotatable bonds is 7. The number of aliphatic hydroxyl groups excluding tert-OH is 1. The number of methoxy groups -OCH3 is 1. The number of amides is 1. The van der Waals surface area contributed by atoms with Gasteiger partial charge in [-0.3, -0.25) is 14.5 Å². The minimum Gasteiger partial charge on any atom is -0.507 e. The molecule has 2 saturated heterocycles. The van der Waals surface area contributed by atoms with Gasteiger partial charge in [-0.15, -0.1) is 0 Å². The van der Waals surface area contributed by atoms with Crippen LogP contribution < -0.4 is 4.74 Å². The van der Waals surface area contributed by atoms with Gasteiger partial charge in [-0.05, 0) is 54.8 Å². The lowest BCUT2D eigenvalue weighted by molar-refractivity contribution is -0.140. The summed E-state index contributed by atoms with van der Waals surface area (Å²) in [5, 5.41) is 11.4. The maximum atomic E-state index is 13.4. The van der Waals surface area contributed by atoms with Crippen LogP contribution in [-0.4, -0.2) is 85.2 Å². The molecule has 0 aliphatic carbocycles. The largest absolute Gasteiger partial charge is 0.507 e. The molecule has 9 nitrogen and oxygen atoms in total. The topological polar surface area (TPSA) is 106 Å². The summed E-state index contributed by atoms with van der Waals surface area (Å²) in [6, 6.07) is 11.1. The van der Waals surface area contributed by atoms with Gasteiger partial charge < -0.3 is 24.2 Å². The minimum absolute atomic E-state index is 0.0350. The lowest BCUT2D eigenvalue weighted by Gasteiger charge is -2.29. The quantitative estimate of drug-likeness (QED) is 0.257. The first-order valence-electron chi connectivity index (χ1n) is 12.9. The number of carbonyl (C=O) groups excluding carboxylic acids is 3. The van der Waals surface area contributed by atoms with Crippen molar-refractivity contribution in [3.63, 3.8) is 0 Å². The predicted molar refractivity (Wildman–Crippen MR) is 139 cm³/mol. The van der Waals surface area contributed by atoms with Crippen LogP contribution in [0.5, 0.6) is 5.75 Å². The smallest absolute Gasteiger partial charge is 0.337 e. The number of morpholine rings is 1. The number of hydrogen-bond acceptors (Lipinski definition) is 8. The van der Waals surface area contributed by atoms with E-state index in [1.54, 1.807) is 36.4 Å². The Kier molecular flexibility index (Phi) is 7.49. The second-order valence-corrected chi connectivity index (χ2v) is 9.87. The maximum absolute atomic E-state index is 13.4. The van der Waals surface area contributed by atoms with Gasteiger partial charge in [0.15, 0.2) is 0 Å². The van der Waals surface area contributed by atoms with Gasteiger partial charge in [0, 0.05) is 38.2 Å². The highest BCUT2D eigenvalue weighted by molar-refractivity contribution is 6.46. The lowest BCUT2D eigenvalue weighted by atomic mass is 9.94. The van der Waals surface area contributed by atoms with Gasteiger partial charge in [0.25, 0.3) is 11.7 Å². The summed E-state index contributed by atoms with van der Waals surface area (Å²) in [7, 11) is 1.31. The number of aliphatic hydroxyl groups is 1. The van der Waals surface area contributed by atoms with Crippen molar-refractivity contribution in [2.45, 2.75) is 31.9 Å². The maximum Gasteiger partial charge on any atom is 0.337 e.